The van der Waals surface area contributed by atoms with Crippen LogP contribution in [0.25, 0.3) is 22.3 Å². The zero-order valence-corrected chi connectivity index (χ0v) is 18.4. The quantitative estimate of drug-likeness (QED) is 0.329. The van der Waals surface area contributed by atoms with Gasteiger partial charge in [-0.3, -0.25) is 4.79 Å². The highest BCUT2D eigenvalue weighted by molar-refractivity contribution is 6.31. The summed E-state index contributed by atoms with van der Waals surface area (Å²) in [5.74, 6) is 0.0195. The maximum absolute atomic E-state index is 13.3. The van der Waals surface area contributed by atoms with Gasteiger partial charge in [-0.25, -0.2) is 4.79 Å². The molecule has 0 atom stereocenters. The predicted molar refractivity (Wildman–Crippen MR) is 124 cm³/mol. The molecule has 0 bridgehead atoms. The van der Waals surface area contributed by atoms with E-state index < -0.39 is 5.97 Å². The molecule has 0 aliphatic rings. The van der Waals surface area contributed by atoms with Gasteiger partial charge in [0.1, 0.15) is 12.2 Å². The molecule has 0 radical (unpaired) electrons. The van der Waals surface area contributed by atoms with E-state index >= 15 is 0 Å². The number of rotatable bonds is 6. The molecule has 4 aromatic rings. The van der Waals surface area contributed by atoms with Crippen molar-refractivity contribution in [2.24, 2.45) is 0 Å². The van der Waals surface area contributed by atoms with Crippen LogP contribution in [0, 0.1) is 6.92 Å². The minimum Gasteiger partial charge on any atom is -0.481 e. The zero-order chi connectivity index (χ0) is 22.7. The summed E-state index contributed by atoms with van der Waals surface area (Å²) in [5.41, 5.74) is 3.05. The number of benzene rings is 3. The third-order valence-electron chi connectivity index (χ3n) is 4.95. The second-order valence-corrected chi connectivity index (χ2v) is 7.74. The van der Waals surface area contributed by atoms with Crippen LogP contribution in [0.3, 0.4) is 0 Å². The van der Waals surface area contributed by atoms with Gasteiger partial charge in [0.2, 0.25) is 11.2 Å². The fraction of sp³-hybridized carbons (Fsp3) is 0.154. The highest BCUT2D eigenvalue weighted by Gasteiger charge is 2.18. The molecule has 32 heavy (non-hydrogen) atoms. The van der Waals surface area contributed by atoms with Crippen molar-refractivity contribution in [1.29, 1.82) is 0 Å². The molecule has 162 valence electrons. The number of esters is 1. The van der Waals surface area contributed by atoms with Gasteiger partial charge in [-0.2, -0.15) is 0 Å². The van der Waals surface area contributed by atoms with E-state index in [-0.39, 0.29) is 17.8 Å². The van der Waals surface area contributed by atoms with Crippen molar-refractivity contribution in [3.63, 3.8) is 0 Å². The lowest BCUT2D eigenvalue weighted by Gasteiger charge is -2.13. The molecule has 5 nitrogen and oxygen atoms in total. The third-order valence-corrected chi connectivity index (χ3v) is 5.18. The summed E-state index contributed by atoms with van der Waals surface area (Å²) >= 11 is 6.10. The summed E-state index contributed by atoms with van der Waals surface area (Å²) < 4.78 is 17.1. The van der Waals surface area contributed by atoms with Crippen molar-refractivity contribution in [2.45, 2.75) is 20.5 Å². The fourth-order valence-corrected chi connectivity index (χ4v) is 3.51. The molecule has 0 aliphatic carbocycles. The standard InChI is InChI=1S/C26H21ClO5/c1-3-30-26(29)19-6-4-5-17(13-19)15-31-25-23(28)21-14-20(27)11-12-22(21)32-24(25)18-9-7-16(2)8-10-18/h4-14H,3,15H2,1-2H3. The highest BCUT2D eigenvalue weighted by atomic mass is 35.5. The Morgan fingerprint density at radius 2 is 1.81 bits per heavy atom. The monoisotopic (exact) mass is 448 g/mol. The van der Waals surface area contributed by atoms with Crippen LogP contribution in [0.5, 0.6) is 5.75 Å². The SMILES string of the molecule is CCOC(=O)c1cccc(COc2c(-c3ccc(C)cc3)oc3ccc(Cl)cc3c2=O)c1. The number of hydrogen-bond acceptors (Lipinski definition) is 5. The number of hydrogen-bond donors (Lipinski definition) is 0. The van der Waals surface area contributed by atoms with Crippen LogP contribution in [0.2, 0.25) is 5.02 Å². The number of aryl methyl sites for hydroxylation is 1. The molecular formula is C26H21ClO5. The van der Waals surface area contributed by atoms with E-state index in [9.17, 15) is 9.59 Å². The van der Waals surface area contributed by atoms with Gasteiger partial charge < -0.3 is 13.9 Å². The first-order valence-corrected chi connectivity index (χ1v) is 10.6. The van der Waals surface area contributed by atoms with Crippen molar-refractivity contribution in [1.82, 2.24) is 0 Å². The normalized spacial score (nSPS) is 10.8. The third kappa shape index (κ3) is 4.53. The highest BCUT2D eigenvalue weighted by Crippen LogP contribution is 2.32. The smallest absolute Gasteiger partial charge is 0.338 e. The molecule has 0 amide bonds. The van der Waals surface area contributed by atoms with Gasteiger partial charge in [-0.05, 0) is 49.7 Å². The lowest BCUT2D eigenvalue weighted by atomic mass is 10.1. The summed E-state index contributed by atoms with van der Waals surface area (Å²) in [4.78, 5) is 25.3. The zero-order valence-electron chi connectivity index (χ0n) is 17.7. The minimum absolute atomic E-state index is 0.0724. The number of fused-ring (bicyclic) bond motifs is 1. The van der Waals surface area contributed by atoms with E-state index in [0.29, 0.717) is 33.9 Å². The lowest BCUT2D eigenvalue weighted by Crippen LogP contribution is -2.11. The Hall–Kier alpha value is -3.57. The largest absolute Gasteiger partial charge is 0.481 e. The first-order valence-electron chi connectivity index (χ1n) is 10.2. The van der Waals surface area contributed by atoms with E-state index in [1.807, 2.05) is 37.3 Å². The van der Waals surface area contributed by atoms with Crippen LogP contribution < -0.4 is 10.2 Å². The Labute approximate surface area is 190 Å². The Kier molecular flexibility index (Phi) is 6.28. The Balaban J connectivity index is 1.75. The maximum atomic E-state index is 13.3. The number of halogens is 1. The average Bonchev–Trinajstić information content (AvgIpc) is 2.79. The molecule has 1 aromatic heterocycles. The van der Waals surface area contributed by atoms with E-state index in [4.69, 9.17) is 25.5 Å². The van der Waals surface area contributed by atoms with Crippen molar-refractivity contribution >= 4 is 28.5 Å². The molecule has 0 saturated carbocycles. The van der Waals surface area contributed by atoms with Crippen LogP contribution in [-0.4, -0.2) is 12.6 Å². The average molecular weight is 449 g/mol. The van der Waals surface area contributed by atoms with E-state index in [2.05, 4.69) is 0 Å². The first-order chi connectivity index (χ1) is 15.5. The van der Waals surface area contributed by atoms with Crippen molar-refractivity contribution < 1.29 is 18.7 Å². The summed E-state index contributed by atoms with van der Waals surface area (Å²) in [5, 5.41) is 0.768. The van der Waals surface area contributed by atoms with Gasteiger partial charge in [0.05, 0.1) is 17.6 Å². The number of ether oxygens (including phenoxy) is 2. The van der Waals surface area contributed by atoms with Gasteiger partial charge in [0.25, 0.3) is 0 Å². The maximum Gasteiger partial charge on any atom is 0.338 e. The molecular weight excluding hydrogens is 428 g/mol. The molecule has 6 heteroatoms. The Morgan fingerprint density at radius 1 is 1.03 bits per heavy atom. The molecule has 0 unspecified atom stereocenters. The summed E-state index contributed by atoms with van der Waals surface area (Å²) in [7, 11) is 0. The predicted octanol–water partition coefficient (Wildman–Crippen LogP) is 6.18. The van der Waals surface area contributed by atoms with Gasteiger partial charge in [-0.15, -0.1) is 0 Å². The molecule has 0 saturated heterocycles. The van der Waals surface area contributed by atoms with Crippen LogP contribution >= 0.6 is 11.6 Å². The van der Waals surface area contributed by atoms with E-state index in [1.165, 1.54) is 0 Å². The van der Waals surface area contributed by atoms with Crippen molar-refractivity contribution in [2.75, 3.05) is 6.61 Å². The molecule has 0 aliphatic heterocycles. The lowest BCUT2D eigenvalue weighted by molar-refractivity contribution is 0.0526. The van der Waals surface area contributed by atoms with E-state index in [0.717, 1.165) is 16.7 Å². The molecule has 0 fully saturated rings. The number of carbonyl (C=O) groups excluding carboxylic acids is 1. The van der Waals surface area contributed by atoms with Gasteiger partial charge >= 0.3 is 5.97 Å². The first kappa shape index (κ1) is 21.7. The van der Waals surface area contributed by atoms with Crippen molar-refractivity contribution in [3.05, 3.63) is 98.7 Å². The van der Waals surface area contributed by atoms with Gasteiger partial charge in [0, 0.05) is 10.6 Å². The Bertz CT molecular complexity index is 1340. The minimum atomic E-state index is -0.408. The van der Waals surface area contributed by atoms with Crippen LogP contribution in [0.4, 0.5) is 0 Å². The second kappa shape index (κ2) is 9.28. The van der Waals surface area contributed by atoms with Crippen molar-refractivity contribution in [3.8, 4) is 17.1 Å². The van der Waals surface area contributed by atoms with Crippen LogP contribution in [0.15, 0.2) is 75.9 Å². The summed E-state index contributed by atoms with van der Waals surface area (Å²) in [6.45, 7) is 4.10. The topological polar surface area (TPSA) is 65.7 Å². The van der Waals surface area contributed by atoms with Crippen LogP contribution in [0.1, 0.15) is 28.4 Å². The molecule has 4 rings (SSSR count). The summed E-state index contributed by atoms with van der Waals surface area (Å²) in [6, 6.07) is 19.5. The molecule has 0 spiro atoms. The fourth-order valence-electron chi connectivity index (χ4n) is 3.33. The van der Waals surface area contributed by atoms with Crippen LogP contribution in [-0.2, 0) is 11.3 Å². The van der Waals surface area contributed by atoms with Gasteiger partial charge in [0.15, 0.2) is 5.76 Å². The van der Waals surface area contributed by atoms with E-state index in [1.54, 1.807) is 43.3 Å². The molecule has 0 N–H and O–H groups in total. The van der Waals surface area contributed by atoms with Gasteiger partial charge in [-0.1, -0.05) is 53.6 Å². The Morgan fingerprint density at radius 3 is 2.56 bits per heavy atom. The number of carbonyl (C=O) groups is 1. The molecule has 1 heterocycles. The second-order valence-electron chi connectivity index (χ2n) is 7.31. The summed E-state index contributed by atoms with van der Waals surface area (Å²) in [6.07, 6.45) is 0. The molecule has 3 aromatic carbocycles.